The third-order valence-corrected chi connectivity index (χ3v) is 5.58. The van der Waals surface area contributed by atoms with E-state index in [9.17, 15) is 9.59 Å². The largest absolute Gasteiger partial charge is 0.410 e. The number of aromatic nitrogens is 3. The van der Waals surface area contributed by atoms with Crippen molar-refractivity contribution in [2.75, 3.05) is 25.5 Å². The van der Waals surface area contributed by atoms with Crippen LogP contribution in [-0.4, -0.2) is 51.8 Å². The molecule has 0 radical (unpaired) electrons. The molecule has 0 aliphatic carbocycles. The lowest BCUT2D eigenvalue weighted by molar-refractivity contribution is 0.102. The number of nitrogens with one attached hydrogen (secondary N) is 1. The van der Waals surface area contributed by atoms with E-state index in [4.69, 9.17) is 10.5 Å². The summed E-state index contributed by atoms with van der Waals surface area (Å²) in [6.45, 7) is 1.69. The van der Waals surface area contributed by atoms with Gasteiger partial charge in [0.2, 0.25) is 5.06 Å². The van der Waals surface area contributed by atoms with E-state index in [2.05, 4.69) is 26.4 Å². The van der Waals surface area contributed by atoms with Gasteiger partial charge < -0.3 is 20.7 Å². The fourth-order valence-corrected chi connectivity index (χ4v) is 4.12. The summed E-state index contributed by atoms with van der Waals surface area (Å²) in [7, 11) is 3.87. The van der Waals surface area contributed by atoms with E-state index in [-0.39, 0.29) is 10.8 Å². The van der Waals surface area contributed by atoms with E-state index in [1.54, 1.807) is 10.7 Å². The van der Waals surface area contributed by atoms with Crippen molar-refractivity contribution in [3.05, 3.63) is 41.2 Å². The summed E-state index contributed by atoms with van der Waals surface area (Å²) in [6.07, 6.45) is 3.75. The molecule has 29 heavy (non-hydrogen) atoms. The fourth-order valence-electron chi connectivity index (χ4n) is 3.13. The van der Waals surface area contributed by atoms with Crippen LogP contribution in [0.4, 0.5) is 10.5 Å². The number of anilines is 1. The highest BCUT2D eigenvalue weighted by atomic mass is 32.1. The molecule has 0 saturated carbocycles. The lowest BCUT2D eigenvalue weighted by Gasteiger charge is -2.20. The molecule has 10 heteroatoms. The van der Waals surface area contributed by atoms with Crippen LogP contribution >= 0.6 is 11.3 Å². The predicted molar refractivity (Wildman–Crippen MR) is 111 cm³/mol. The first kappa shape index (κ1) is 19.1. The molecule has 4 rings (SSSR count). The number of fused-ring (bicyclic) bond motifs is 1. The number of likely N-dealkylation sites (N-methyl/N-ethyl adjacent to an activating group) is 1. The van der Waals surface area contributed by atoms with Gasteiger partial charge in [0.05, 0.1) is 5.52 Å². The highest BCUT2D eigenvalue weighted by Crippen LogP contribution is 2.34. The molecule has 3 aromatic rings. The second kappa shape index (κ2) is 7.64. The number of hydrogen-bond donors (Lipinski definition) is 2. The van der Waals surface area contributed by atoms with Crippen LogP contribution in [0.15, 0.2) is 30.5 Å². The van der Waals surface area contributed by atoms with Crippen LogP contribution in [0.25, 0.3) is 16.5 Å². The monoisotopic (exact) mass is 412 g/mol. The smallest absolute Gasteiger partial charge is 0.397 e. The van der Waals surface area contributed by atoms with E-state index in [1.165, 1.54) is 0 Å². The summed E-state index contributed by atoms with van der Waals surface area (Å²) >= 11 is 1.15. The standard InChI is InChI=1S/C19H20N6O3S/c1-24-7-5-11(6-8-24)17-22-15(18(29-17)28-19(20)27)16(26)21-13-3-4-14-12(9-13)10-25(2)23-14/h3-5,9-10H,6-8H2,1-2H3,(H2,20,27)(H,21,26). The third-order valence-electron chi connectivity index (χ3n) is 4.57. The molecule has 0 fully saturated rings. The van der Waals surface area contributed by atoms with Crippen LogP contribution < -0.4 is 15.8 Å². The molecule has 0 unspecified atom stereocenters. The molecular weight excluding hydrogens is 392 g/mol. The summed E-state index contributed by atoms with van der Waals surface area (Å²) in [4.78, 5) is 30.8. The van der Waals surface area contributed by atoms with Crippen molar-refractivity contribution in [3.8, 4) is 5.06 Å². The lowest BCUT2D eigenvalue weighted by Crippen LogP contribution is -2.23. The van der Waals surface area contributed by atoms with Gasteiger partial charge in [-0.1, -0.05) is 17.4 Å². The van der Waals surface area contributed by atoms with Crippen LogP contribution in [-0.2, 0) is 7.05 Å². The van der Waals surface area contributed by atoms with Gasteiger partial charge in [-0.05, 0) is 37.2 Å². The Bertz CT molecular complexity index is 1130. The molecule has 150 valence electrons. The SMILES string of the molecule is CN1CC=C(c2nc(C(=O)Nc3ccc4nn(C)cc4c3)c(OC(N)=O)s2)CC1. The number of carbonyl (C=O) groups excluding carboxylic acids is 2. The zero-order chi connectivity index (χ0) is 20.5. The van der Waals surface area contributed by atoms with Gasteiger partial charge in [-0.15, -0.1) is 0 Å². The van der Waals surface area contributed by atoms with Crippen molar-refractivity contribution >= 4 is 45.5 Å². The Kier molecular flexibility index (Phi) is 5.03. The van der Waals surface area contributed by atoms with E-state index in [1.807, 2.05) is 32.4 Å². The molecule has 3 N–H and O–H groups in total. The minimum atomic E-state index is -0.983. The van der Waals surface area contributed by atoms with Gasteiger partial charge in [0.25, 0.3) is 5.91 Å². The number of benzene rings is 1. The lowest BCUT2D eigenvalue weighted by atomic mass is 10.1. The number of ether oxygens (including phenoxy) is 1. The molecule has 9 nitrogen and oxygen atoms in total. The summed E-state index contributed by atoms with van der Waals surface area (Å²) in [6, 6.07) is 5.40. The predicted octanol–water partition coefficient (Wildman–Crippen LogP) is 2.46. The van der Waals surface area contributed by atoms with E-state index < -0.39 is 12.0 Å². The number of nitrogens with two attached hydrogens (primary N) is 1. The first-order chi connectivity index (χ1) is 13.9. The van der Waals surface area contributed by atoms with Gasteiger partial charge in [-0.2, -0.15) is 5.10 Å². The summed E-state index contributed by atoms with van der Waals surface area (Å²) in [5, 5.41) is 8.76. The number of carbonyl (C=O) groups is 2. The highest BCUT2D eigenvalue weighted by molar-refractivity contribution is 7.15. The van der Waals surface area contributed by atoms with Gasteiger partial charge in [0.1, 0.15) is 5.01 Å². The Balaban J connectivity index is 1.62. The Hall–Kier alpha value is -3.24. The molecule has 0 spiro atoms. The second-order valence-electron chi connectivity index (χ2n) is 6.85. The van der Waals surface area contributed by atoms with Crippen LogP contribution in [0.2, 0.25) is 0 Å². The molecule has 1 aliphatic heterocycles. The van der Waals surface area contributed by atoms with Crippen LogP contribution in [0, 0.1) is 0 Å². The fraction of sp³-hybridized carbons (Fsp3) is 0.263. The molecule has 0 atom stereocenters. The van der Waals surface area contributed by atoms with E-state index in [0.29, 0.717) is 10.7 Å². The molecule has 0 saturated heterocycles. The summed E-state index contributed by atoms with van der Waals surface area (Å²) in [5.41, 5.74) is 7.65. The quantitative estimate of drug-likeness (QED) is 0.680. The number of rotatable bonds is 4. The van der Waals surface area contributed by atoms with Crippen molar-refractivity contribution in [1.29, 1.82) is 0 Å². The molecule has 2 aromatic heterocycles. The average molecular weight is 412 g/mol. The normalized spacial score (nSPS) is 14.6. The second-order valence-corrected chi connectivity index (χ2v) is 7.81. The Morgan fingerprint density at radius 2 is 2.14 bits per heavy atom. The van der Waals surface area contributed by atoms with E-state index >= 15 is 0 Å². The van der Waals surface area contributed by atoms with Crippen LogP contribution in [0.1, 0.15) is 21.9 Å². The van der Waals surface area contributed by atoms with E-state index in [0.717, 1.165) is 47.3 Å². The zero-order valence-corrected chi connectivity index (χ0v) is 16.8. The molecule has 3 heterocycles. The Labute approximate surface area is 170 Å². The number of thiazole rings is 1. The molecule has 0 bridgehead atoms. The van der Waals surface area contributed by atoms with Crippen molar-refractivity contribution in [2.24, 2.45) is 12.8 Å². The molecular formula is C19H20N6O3S. The van der Waals surface area contributed by atoms with Gasteiger partial charge in [-0.25, -0.2) is 9.78 Å². The van der Waals surface area contributed by atoms with Crippen molar-refractivity contribution in [1.82, 2.24) is 19.7 Å². The number of primary amides is 1. The summed E-state index contributed by atoms with van der Waals surface area (Å²) < 4.78 is 6.76. The zero-order valence-electron chi connectivity index (χ0n) is 16.0. The molecule has 1 aliphatic rings. The highest BCUT2D eigenvalue weighted by Gasteiger charge is 2.24. The molecule has 1 aromatic carbocycles. The third kappa shape index (κ3) is 4.13. The Morgan fingerprint density at radius 3 is 2.86 bits per heavy atom. The minimum Gasteiger partial charge on any atom is -0.397 e. The number of nitrogens with zero attached hydrogens (tertiary/aromatic N) is 4. The average Bonchev–Trinajstić information content (AvgIpc) is 3.24. The van der Waals surface area contributed by atoms with Crippen LogP contribution in [0.5, 0.6) is 5.06 Å². The van der Waals surface area contributed by atoms with Gasteiger partial charge in [0.15, 0.2) is 5.69 Å². The number of hydrogen-bond acceptors (Lipinski definition) is 7. The van der Waals surface area contributed by atoms with Crippen molar-refractivity contribution in [2.45, 2.75) is 6.42 Å². The van der Waals surface area contributed by atoms with Crippen LogP contribution in [0.3, 0.4) is 0 Å². The first-order valence-corrected chi connectivity index (χ1v) is 9.81. The summed E-state index contributed by atoms with van der Waals surface area (Å²) in [5.74, 6) is -0.472. The first-order valence-electron chi connectivity index (χ1n) is 9.00. The van der Waals surface area contributed by atoms with Crippen molar-refractivity contribution < 1.29 is 14.3 Å². The number of aryl methyl sites for hydroxylation is 1. The minimum absolute atomic E-state index is 0.0370. The van der Waals surface area contributed by atoms with Crippen molar-refractivity contribution in [3.63, 3.8) is 0 Å². The van der Waals surface area contributed by atoms with Gasteiger partial charge in [-0.3, -0.25) is 9.48 Å². The molecule has 2 amide bonds. The number of amides is 2. The van der Waals surface area contributed by atoms with Gasteiger partial charge in [0, 0.05) is 37.4 Å². The topological polar surface area (TPSA) is 115 Å². The van der Waals surface area contributed by atoms with Gasteiger partial charge >= 0.3 is 6.09 Å². The maximum Gasteiger partial charge on any atom is 0.410 e. The Morgan fingerprint density at radius 1 is 1.31 bits per heavy atom. The maximum atomic E-state index is 12.9. The maximum absolute atomic E-state index is 12.9.